The number of nitrogens with one attached hydrogen (secondary N) is 1. The second kappa shape index (κ2) is 8.49. The lowest BCUT2D eigenvalue weighted by atomic mass is 10.1. The highest BCUT2D eigenvalue weighted by molar-refractivity contribution is 5.49. The molecule has 2 rings (SSSR count). The van der Waals surface area contributed by atoms with Crippen molar-refractivity contribution in [2.75, 3.05) is 18.5 Å². The average molecular weight is 301 g/mol. The number of nitrogens with zero attached hydrogens (tertiary/aromatic N) is 2. The van der Waals surface area contributed by atoms with E-state index in [1.165, 1.54) is 5.56 Å². The van der Waals surface area contributed by atoms with Gasteiger partial charge in [0.25, 0.3) is 0 Å². The van der Waals surface area contributed by atoms with Crippen LogP contribution in [0.1, 0.15) is 30.9 Å². The maximum atomic E-state index is 14.0. The Morgan fingerprint density at radius 1 is 1.09 bits per heavy atom. The van der Waals surface area contributed by atoms with E-state index in [0.29, 0.717) is 5.69 Å². The normalized spacial score (nSPS) is 10.7. The Balaban J connectivity index is 1.94. The zero-order valence-corrected chi connectivity index (χ0v) is 13.3. The molecular weight excluding hydrogens is 277 g/mol. The van der Waals surface area contributed by atoms with E-state index < -0.39 is 0 Å². The second-order valence-corrected chi connectivity index (χ2v) is 5.52. The van der Waals surface area contributed by atoms with Gasteiger partial charge in [0.05, 0.1) is 5.69 Å². The van der Waals surface area contributed by atoms with Gasteiger partial charge in [-0.3, -0.25) is 4.98 Å². The Kier molecular flexibility index (Phi) is 6.34. The molecule has 0 atom stereocenters. The summed E-state index contributed by atoms with van der Waals surface area (Å²) in [4.78, 5) is 5.99. The molecule has 22 heavy (non-hydrogen) atoms. The van der Waals surface area contributed by atoms with Crippen LogP contribution in [0.2, 0.25) is 0 Å². The van der Waals surface area contributed by atoms with Crippen molar-refractivity contribution in [3.8, 4) is 0 Å². The van der Waals surface area contributed by atoms with Crippen LogP contribution < -0.4 is 10.2 Å². The summed E-state index contributed by atoms with van der Waals surface area (Å²) in [7, 11) is 1.95. The zero-order valence-electron chi connectivity index (χ0n) is 13.3. The van der Waals surface area contributed by atoms with Crippen LogP contribution in [0.3, 0.4) is 0 Å². The monoisotopic (exact) mass is 301 g/mol. The maximum absolute atomic E-state index is 14.0. The van der Waals surface area contributed by atoms with E-state index in [0.717, 1.165) is 38.0 Å². The third-order valence-corrected chi connectivity index (χ3v) is 3.68. The first-order valence-corrected chi connectivity index (χ1v) is 7.80. The third kappa shape index (κ3) is 4.81. The smallest absolute Gasteiger partial charge is 0.146 e. The molecule has 4 heteroatoms. The molecule has 0 aliphatic rings. The Bertz CT molecular complexity index is 572. The predicted molar refractivity (Wildman–Crippen MR) is 89.4 cm³/mol. The molecule has 1 aromatic carbocycles. The fourth-order valence-corrected chi connectivity index (χ4v) is 2.33. The Labute approximate surface area is 132 Å². The van der Waals surface area contributed by atoms with Crippen molar-refractivity contribution in [2.45, 2.75) is 32.9 Å². The molecule has 0 aliphatic carbocycles. The van der Waals surface area contributed by atoms with E-state index in [1.807, 2.05) is 36.2 Å². The van der Waals surface area contributed by atoms with Crippen molar-refractivity contribution >= 4 is 5.69 Å². The number of halogens is 1. The third-order valence-electron chi connectivity index (χ3n) is 3.68. The first-order chi connectivity index (χ1) is 10.7. The van der Waals surface area contributed by atoms with Crippen molar-refractivity contribution in [2.24, 2.45) is 0 Å². The molecule has 1 heterocycles. The summed E-state index contributed by atoms with van der Waals surface area (Å²) in [5.41, 5.74) is 2.96. The lowest BCUT2D eigenvalue weighted by Gasteiger charge is -2.20. The van der Waals surface area contributed by atoms with Gasteiger partial charge in [-0.05, 0) is 41.8 Å². The van der Waals surface area contributed by atoms with Crippen LogP contribution in [-0.4, -0.2) is 18.6 Å². The quantitative estimate of drug-likeness (QED) is 0.805. The minimum atomic E-state index is -0.156. The first-order valence-electron chi connectivity index (χ1n) is 7.80. The number of rotatable bonds is 8. The van der Waals surface area contributed by atoms with E-state index in [2.05, 4.69) is 17.2 Å². The molecule has 0 bridgehead atoms. The van der Waals surface area contributed by atoms with Gasteiger partial charge in [0.15, 0.2) is 0 Å². The summed E-state index contributed by atoms with van der Waals surface area (Å²) < 4.78 is 14.0. The second-order valence-electron chi connectivity index (χ2n) is 5.52. The molecule has 1 aromatic heterocycles. The Hall–Kier alpha value is -1.94. The fraction of sp³-hybridized carbons (Fsp3) is 0.389. The number of benzene rings is 1. The highest BCUT2D eigenvalue weighted by atomic mass is 19.1. The van der Waals surface area contributed by atoms with Crippen LogP contribution in [-0.2, 0) is 13.1 Å². The van der Waals surface area contributed by atoms with Gasteiger partial charge in [0.1, 0.15) is 5.82 Å². The van der Waals surface area contributed by atoms with Crippen molar-refractivity contribution in [1.82, 2.24) is 10.3 Å². The van der Waals surface area contributed by atoms with Crippen LogP contribution >= 0.6 is 0 Å². The largest absolute Gasteiger partial charge is 0.372 e. The number of hydrogen-bond donors (Lipinski definition) is 1. The van der Waals surface area contributed by atoms with E-state index >= 15 is 0 Å². The first kappa shape index (κ1) is 16.4. The van der Waals surface area contributed by atoms with Crippen LogP contribution in [0.4, 0.5) is 10.1 Å². The average Bonchev–Trinajstić information content (AvgIpc) is 2.55. The molecule has 0 fully saturated rings. The topological polar surface area (TPSA) is 28.2 Å². The van der Waals surface area contributed by atoms with Crippen LogP contribution in [0, 0.1) is 5.82 Å². The van der Waals surface area contributed by atoms with Gasteiger partial charge in [-0.25, -0.2) is 4.39 Å². The molecule has 0 radical (unpaired) electrons. The van der Waals surface area contributed by atoms with E-state index in [9.17, 15) is 4.39 Å². The van der Waals surface area contributed by atoms with Crippen LogP contribution in [0.25, 0.3) is 0 Å². The SMILES string of the molecule is CCCCN(C)c1cc(CNCc2ccncc2)ccc1F. The van der Waals surface area contributed by atoms with Gasteiger partial charge in [-0.2, -0.15) is 0 Å². The molecule has 0 saturated carbocycles. The summed E-state index contributed by atoms with van der Waals surface area (Å²) >= 11 is 0. The molecule has 0 unspecified atom stereocenters. The lowest BCUT2D eigenvalue weighted by molar-refractivity contribution is 0.616. The standard InChI is InChI=1S/C18H24FN3/c1-3-4-11-22(2)18-12-16(5-6-17(18)19)14-21-13-15-7-9-20-10-8-15/h5-10,12,21H,3-4,11,13-14H2,1-2H3. The minimum absolute atomic E-state index is 0.156. The van der Waals surface area contributed by atoms with Gasteiger partial charge < -0.3 is 10.2 Å². The van der Waals surface area contributed by atoms with Crippen molar-refractivity contribution < 1.29 is 4.39 Å². The molecule has 0 saturated heterocycles. The van der Waals surface area contributed by atoms with Crippen molar-refractivity contribution in [3.63, 3.8) is 0 Å². The molecule has 0 aliphatic heterocycles. The lowest BCUT2D eigenvalue weighted by Crippen LogP contribution is -2.20. The summed E-state index contributed by atoms with van der Waals surface area (Å²) in [6.07, 6.45) is 5.75. The number of anilines is 1. The number of hydrogen-bond acceptors (Lipinski definition) is 3. The number of unbranched alkanes of at least 4 members (excludes halogenated alkanes) is 1. The Morgan fingerprint density at radius 2 is 1.82 bits per heavy atom. The molecule has 118 valence electrons. The predicted octanol–water partition coefficient (Wildman–Crippen LogP) is 3.75. The van der Waals surface area contributed by atoms with Crippen molar-refractivity contribution in [3.05, 3.63) is 59.7 Å². The number of aromatic nitrogens is 1. The van der Waals surface area contributed by atoms with Gasteiger partial charge in [-0.15, -0.1) is 0 Å². The van der Waals surface area contributed by atoms with Gasteiger partial charge >= 0.3 is 0 Å². The zero-order chi connectivity index (χ0) is 15.8. The molecule has 2 aromatic rings. The summed E-state index contributed by atoms with van der Waals surface area (Å²) in [5, 5.41) is 3.38. The summed E-state index contributed by atoms with van der Waals surface area (Å²) in [5.74, 6) is -0.156. The van der Waals surface area contributed by atoms with Gasteiger partial charge in [0, 0.05) is 39.1 Å². The van der Waals surface area contributed by atoms with Gasteiger partial charge in [-0.1, -0.05) is 19.4 Å². The van der Waals surface area contributed by atoms with E-state index in [4.69, 9.17) is 0 Å². The molecular formula is C18H24FN3. The summed E-state index contributed by atoms with van der Waals surface area (Å²) in [6.45, 7) is 4.52. The van der Waals surface area contributed by atoms with Crippen molar-refractivity contribution in [1.29, 1.82) is 0 Å². The van der Waals surface area contributed by atoms with E-state index in [1.54, 1.807) is 18.5 Å². The van der Waals surface area contributed by atoms with Crippen LogP contribution in [0.15, 0.2) is 42.7 Å². The minimum Gasteiger partial charge on any atom is -0.372 e. The number of pyridine rings is 1. The molecule has 0 spiro atoms. The molecule has 0 amide bonds. The maximum Gasteiger partial charge on any atom is 0.146 e. The van der Waals surface area contributed by atoms with Crippen LogP contribution in [0.5, 0.6) is 0 Å². The Morgan fingerprint density at radius 3 is 2.55 bits per heavy atom. The molecule has 3 nitrogen and oxygen atoms in total. The summed E-state index contributed by atoms with van der Waals surface area (Å²) in [6, 6.07) is 9.31. The molecule has 1 N–H and O–H groups in total. The van der Waals surface area contributed by atoms with E-state index in [-0.39, 0.29) is 5.82 Å². The fourth-order valence-electron chi connectivity index (χ4n) is 2.33. The highest BCUT2D eigenvalue weighted by Crippen LogP contribution is 2.20. The highest BCUT2D eigenvalue weighted by Gasteiger charge is 2.08. The van der Waals surface area contributed by atoms with Gasteiger partial charge in [0.2, 0.25) is 0 Å².